The number of rotatable bonds is 6. The zero-order valence-electron chi connectivity index (χ0n) is 18.0. The minimum Gasteiger partial charge on any atom is -0.426 e. The lowest BCUT2D eigenvalue weighted by Crippen LogP contribution is -2.27. The highest BCUT2D eigenvalue weighted by Gasteiger charge is 2.61. The molecular weight excluding hydrogens is 497 g/mol. The largest absolute Gasteiger partial charge is 0.426 e. The van der Waals surface area contributed by atoms with Gasteiger partial charge in [-0.15, -0.1) is 0 Å². The number of halogens is 2. The molecule has 4 rings (SSSR count). The molecule has 2 aliphatic rings. The van der Waals surface area contributed by atoms with Crippen molar-refractivity contribution >= 4 is 69.5 Å². The zero-order valence-corrected chi connectivity index (χ0v) is 21.1. The van der Waals surface area contributed by atoms with Crippen LogP contribution in [0.5, 0.6) is 5.75 Å². The predicted molar refractivity (Wildman–Crippen MR) is 138 cm³/mol. The number of nitrogens with zero attached hydrogens (tertiary/aromatic N) is 1. The standard InChI is InChI=1S/C25H21Cl2NO3S2/c1-25(2)18(13-20(26)27)21(25)23(30)31-17-10-8-15(9-11-17)12-19-22(29)28(24(32)33-19)14-16-6-4-3-5-7-16/h3-13,18,21H,14H2,1-2H3/b19-12-/t18-,21+/m1/s1. The van der Waals surface area contributed by atoms with Crippen LogP contribution in [0.2, 0.25) is 0 Å². The van der Waals surface area contributed by atoms with Crippen molar-refractivity contribution in [3.8, 4) is 5.75 Å². The number of carbonyl (C=O) groups is 2. The van der Waals surface area contributed by atoms with Crippen molar-refractivity contribution < 1.29 is 14.3 Å². The van der Waals surface area contributed by atoms with Gasteiger partial charge in [0.1, 0.15) is 14.6 Å². The van der Waals surface area contributed by atoms with E-state index < -0.39 is 0 Å². The second kappa shape index (κ2) is 9.63. The van der Waals surface area contributed by atoms with Crippen LogP contribution in [0.1, 0.15) is 25.0 Å². The van der Waals surface area contributed by atoms with Gasteiger partial charge in [-0.05, 0) is 46.7 Å². The van der Waals surface area contributed by atoms with Crippen LogP contribution in [-0.4, -0.2) is 21.1 Å². The Labute approximate surface area is 212 Å². The van der Waals surface area contributed by atoms with Crippen molar-refractivity contribution in [1.82, 2.24) is 4.90 Å². The molecule has 170 valence electrons. The number of benzene rings is 2. The molecule has 2 aromatic carbocycles. The quantitative estimate of drug-likeness (QED) is 0.187. The molecule has 1 aliphatic heterocycles. The Balaban J connectivity index is 1.40. The maximum Gasteiger partial charge on any atom is 0.315 e. The molecule has 1 amide bonds. The van der Waals surface area contributed by atoms with Crippen molar-refractivity contribution in [2.75, 3.05) is 0 Å². The van der Waals surface area contributed by atoms with Crippen LogP contribution in [0.15, 0.2) is 70.1 Å². The minimum absolute atomic E-state index is 0.0490. The van der Waals surface area contributed by atoms with E-state index >= 15 is 0 Å². The van der Waals surface area contributed by atoms with Crippen LogP contribution in [0.25, 0.3) is 6.08 Å². The van der Waals surface area contributed by atoms with E-state index in [1.54, 1.807) is 41.3 Å². The molecule has 2 fully saturated rings. The average molecular weight is 518 g/mol. The van der Waals surface area contributed by atoms with E-state index in [4.69, 9.17) is 40.2 Å². The summed E-state index contributed by atoms with van der Waals surface area (Å²) in [6, 6.07) is 16.8. The fraction of sp³-hybridized carbons (Fsp3) is 0.240. The monoisotopic (exact) mass is 517 g/mol. The number of ether oxygens (including phenoxy) is 1. The van der Waals surface area contributed by atoms with Gasteiger partial charge in [0.15, 0.2) is 0 Å². The van der Waals surface area contributed by atoms with Crippen LogP contribution in [-0.2, 0) is 16.1 Å². The second-order valence-corrected chi connectivity index (χ2v) is 11.2. The van der Waals surface area contributed by atoms with E-state index in [2.05, 4.69) is 0 Å². The molecule has 4 nitrogen and oxygen atoms in total. The first-order valence-corrected chi connectivity index (χ1v) is 12.3. The summed E-state index contributed by atoms with van der Waals surface area (Å²) in [6.45, 7) is 4.40. The average Bonchev–Trinajstić information content (AvgIpc) is 3.20. The molecule has 1 saturated carbocycles. The van der Waals surface area contributed by atoms with Crippen molar-refractivity contribution in [3.05, 3.63) is 81.2 Å². The fourth-order valence-electron chi connectivity index (χ4n) is 3.94. The Morgan fingerprint density at radius 2 is 1.82 bits per heavy atom. The number of carbonyl (C=O) groups excluding carboxylic acids is 2. The molecule has 0 spiro atoms. The lowest BCUT2D eigenvalue weighted by atomic mass is 10.1. The van der Waals surface area contributed by atoms with Gasteiger partial charge < -0.3 is 4.74 Å². The highest BCUT2D eigenvalue weighted by atomic mass is 35.5. The molecule has 1 heterocycles. The topological polar surface area (TPSA) is 46.6 Å². The number of allylic oxidation sites excluding steroid dienone is 1. The van der Waals surface area contributed by atoms with Gasteiger partial charge in [-0.25, -0.2) is 0 Å². The van der Waals surface area contributed by atoms with E-state index in [9.17, 15) is 9.59 Å². The first-order chi connectivity index (χ1) is 15.7. The number of amides is 1. The van der Waals surface area contributed by atoms with E-state index in [1.807, 2.05) is 44.2 Å². The number of thiocarbonyl (C=S) groups is 1. The third-order valence-corrected chi connectivity index (χ3v) is 7.55. The summed E-state index contributed by atoms with van der Waals surface area (Å²) in [5, 5.41) is 0. The summed E-state index contributed by atoms with van der Waals surface area (Å²) in [6.07, 6.45) is 3.48. The molecule has 0 aromatic heterocycles. The number of hydrogen-bond acceptors (Lipinski definition) is 5. The molecular formula is C25H21Cl2NO3S2. The first kappa shape index (κ1) is 24.0. The molecule has 2 aromatic rings. The van der Waals surface area contributed by atoms with Crippen LogP contribution in [0.4, 0.5) is 0 Å². The van der Waals surface area contributed by atoms with E-state index in [0.717, 1.165) is 11.1 Å². The third-order valence-electron chi connectivity index (χ3n) is 5.92. The van der Waals surface area contributed by atoms with Gasteiger partial charge in [0, 0.05) is 0 Å². The summed E-state index contributed by atoms with van der Waals surface area (Å²) >= 11 is 18.2. The van der Waals surface area contributed by atoms with E-state index in [1.165, 1.54) is 11.8 Å². The van der Waals surface area contributed by atoms with Crippen molar-refractivity contribution in [3.63, 3.8) is 0 Å². The van der Waals surface area contributed by atoms with Crippen molar-refractivity contribution in [1.29, 1.82) is 0 Å². The normalized spacial score (nSPS) is 22.4. The third kappa shape index (κ3) is 5.35. The Bertz CT molecular complexity index is 1160. The SMILES string of the molecule is CC1(C)[C@H](C=C(Cl)Cl)[C@H]1C(=O)Oc1ccc(/C=C2\SC(=S)N(Cc3ccccc3)C2=O)cc1. The van der Waals surface area contributed by atoms with Gasteiger partial charge in [0.05, 0.1) is 17.4 Å². The van der Waals surface area contributed by atoms with Crippen molar-refractivity contribution in [2.24, 2.45) is 17.3 Å². The van der Waals surface area contributed by atoms with Gasteiger partial charge in [-0.1, -0.05) is 103 Å². The number of hydrogen-bond donors (Lipinski definition) is 0. The summed E-state index contributed by atoms with van der Waals surface area (Å²) in [5.41, 5.74) is 1.59. The van der Waals surface area contributed by atoms with Crippen LogP contribution in [0, 0.1) is 17.3 Å². The molecule has 0 N–H and O–H groups in total. The lowest BCUT2D eigenvalue weighted by Gasteiger charge is -2.14. The highest BCUT2D eigenvalue weighted by molar-refractivity contribution is 8.26. The Hall–Kier alpha value is -2.12. The summed E-state index contributed by atoms with van der Waals surface area (Å²) in [5.74, 6) is -0.332. The molecule has 0 bridgehead atoms. The van der Waals surface area contributed by atoms with Gasteiger partial charge >= 0.3 is 5.97 Å². The molecule has 1 saturated heterocycles. The number of esters is 1. The molecule has 0 unspecified atom stereocenters. The van der Waals surface area contributed by atoms with Gasteiger partial charge in [-0.2, -0.15) is 0 Å². The van der Waals surface area contributed by atoms with Crippen LogP contribution < -0.4 is 4.74 Å². The van der Waals surface area contributed by atoms with Crippen molar-refractivity contribution in [2.45, 2.75) is 20.4 Å². The molecule has 33 heavy (non-hydrogen) atoms. The summed E-state index contributed by atoms with van der Waals surface area (Å²) in [4.78, 5) is 27.6. The van der Waals surface area contributed by atoms with Gasteiger partial charge in [0.2, 0.25) is 0 Å². The predicted octanol–water partition coefficient (Wildman–Crippen LogP) is 6.58. The van der Waals surface area contributed by atoms with Gasteiger partial charge in [0.25, 0.3) is 5.91 Å². The first-order valence-electron chi connectivity index (χ1n) is 10.3. The maximum absolute atomic E-state index is 12.8. The summed E-state index contributed by atoms with van der Waals surface area (Å²) in [7, 11) is 0. The van der Waals surface area contributed by atoms with Crippen LogP contribution >= 0.6 is 47.2 Å². The van der Waals surface area contributed by atoms with E-state index in [-0.39, 0.29) is 33.6 Å². The van der Waals surface area contributed by atoms with Gasteiger partial charge in [-0.3, -0.25) is 14.5 Å². The molecule has 2 atom stereocenters. The Morgan fingerprint density at radius 3 is 2.45 bits per heavy atom. The minimum atomic E-state index is -0.314. The smallest absolute Gasteiger partial charge is 0.315 e. The fourth-order valence-corrected chi connectivity index (χ4v) is 5.47. The summed E-state index contributed by atoms with van der Waals surface area (Å²) < 4.78 is 6.25. The van der Waals surface area contributed by atoms with Crippen LogP contribution in [0.3, 0.4) is 0 Å². The Kier molecular flexibility index (Phi) is 7.01. The number of thioether (sulfide) groups is 1. The molecule has 1 aliphatic carbocycles. The van der Waals surface area contributed by atoms with E-state index in [0.29, 0.717) is 21.5 Å². The molecule has 8 heteroatoms. The highest BCUT2D eigenvalue weighted by Crippen LogP contribution is 2.60. The zero-order chi connectivity index (χ0) is 23.8. The molecule has 0 radical (unpaired) electrons. The maximum atomic E-state index is 12.8. The lowest BCUT2D eigenvalue weighted by molar-refractivity contribution is -0.136. The Morgan fingerprint density at radius 1 is 1.15 bits per heavy atom. The second-order valence-electron chi connectivity index (χ2n) is 8.52.